The summed E-state index contributed by atoms with van der Waals surface area (Å²) < 4.78 is 5.40. The first kappa shape index (κ1) is 21.3. The maximum Gasteiger partial charge on any atom is 0.252 e. The van der Waals surface area contributed by atoms with Crippen LogP contribution in [0.1, 0.15) is 27.9 Å². The zero-order chi connectivity index (χ0) is 20.5. The second kappa shape index (κ2) is 11.0. The normalized spacial score (nSPS) is 14.4. The summed E-state index contributed by atoms with van der Waals surface area (Å²) in [6, 6.07) is 15.0. The summed E-state index contributed by atoms with van der Waals surface area (Å²) in [4.78, 5) is 26.7. The molecule has 1 aliphatic rings. The SMILES string of the molecule is O=C(CCNC(=O)c1ccccc1Cl)NCc1ccccc1CN1CCOCC1. The lowest BCUT2D eigenvalue weighted by atomic mass is 10.1. The van der Waals surface area contributed by atoms with Gasteiger partial charge in [0.15, 0.2) is 0 Å². The molecule has 6 nitrogen and oxygen atoms in total. The molecule has 154 valence electrons. The number of hydrogen-bond donors (Lipinski definition) is 2. The summed E-state index contributed by atoms with van der Waals surface area (Å²) >= 11 is 6.01. The summed E-state index contributed by atoms with van der Waals surface area (Å²) in [6.07, 6.45) is 0.210. The number of benzene rings is 2. The number of nitrogens with one attached hydrogen (secondary N) is 2. The number of halogens is 1. The lowest BCUT2D eigenvalue weighted by molar-refractivity contribution is -0.121. The Morgan fingerprint density at radius 1 is 0.966 bits per heavy atom. The Morgan fingerprint density at radius 2 is 1.66 bits per heavy atom. The van der Waals surface area contributed by atoms with Gasteiger partial charge in [0.1, 0.15) is 0 Å². The van der Waals surface area contributed by atoms with Gasteiger partial charge in [0.05, 0.1) is 23.8 Å². The van der Waals surface area contributed by atoms with Crippen LogP contribution in [0.25, 0.3) is 0 Å². The molecule has 1 saturated heterocycles. The Morgan fingerprint density at radius 3 is 2.41 bits per heavy atom. The fourth-order valence-electron chi connectivity index (χ4n) is 3.20. The molecule has 1 aliphatic heterocycles. The minimum Gasteiger partial charge on any atom is -0.379 e. The number of morpholine rings is 1. The standard InChI is InChI=1S/C22H26ClN3O3/c23-20-8-4-3-7-19(20)22(28)24-10-9-21(27)25-15-17-5-1-2-6-18(17)16-26-11-13-29-14-12-26/h1-8H,9-16H2,(H,24,28)(H,25,27). The monoisotopic (exact) mass is 415 g/mol. The van der Waals surface area contributed by atoms with E-state index in [1.807, 2.05) is 18.2 Å². The van der Waals surface area contributed by atoms with Crippen molar-refractivity contribution in [3.8, 4) is 0 Å². The largest absolute Gasteiger partial charge is 0.379 e. The van der Waals surface area contributed by atoms with E-state index in [0.717, 1.165) is 38.4 Å². The van der Waals surface area contributed by atoms with Crippen molar-refractivity contribution < 1.29 is 14.3 Å². The van der Waals surface area contributed by atoms with Crippen LogP contribution >= 0.6 is 11.6 Å². The van der Waals surface area contributed by atoms with Crippen molar-refractivity contribution >= 4 is 23.4 Å². The van der Waals surface area contributed by atoms with Gasteiger partial charge in [0.25, 0.3) is 5.91 Å². The number of carbonyl (C=O) groups excluding carboxylic acids is 2. The Hall–Kier alpha value is -2.41. The van der Waals surface area contributed by atoms with Gasteiger partial charge in [0.2, 0.25) is 5.91 Å². The van der Waals surface area contributed by atoms with Gasteiger partial charge in [-0.1, -0.05) is 48.0 Å². The number of hydrogen-bond acceptors (Lipinski definition) is 4. The summed E-state index contributed by atoms with van der Waals surface area (Å²) in [7, 11) is 0. The highest BCUT2D eigenvalue weighted by Gasteiger charge is 2.13. The first-order valence-corrected chi connectivity index (χ1v) is 10.2. The molecule has 0 bridgehead atoms. The van der Waals surface area contributed by atoms with Gasteiger partial charge >= 0.3 is 0 Å². The lowest BCUT2D eigenvalue weighted by Crippen LogP contribution is -2.36. The Bertz CT molecular complexity index is 838. The van der Waals surface area contributed by atoms with Crippen molar-refractivity contribution in [3.63, 3.8) is 0 Å². The summed E-state index contributed by atoms with van der Waals surface area (Å²) in [5.74, 6) is -0.384. The molecule has 3 rings (SSSR count). The van der Waals surface area contributed by atoms with Gasteiger partial charge in [-0.25, -0.2) is 0 Å². The first-order valence-electron chi connectivity index (χ1n) is 9.80. The second-order valence-electron chi connectivity index (χ2n) is 6.92. The summed E-state index contributed by atoms with van der Waals surface area (Å²) in [6.45, 7) is 4.95. The summed E-state index contributed by atoms with van der Waals surface area (Å²) in [5.41, 5.74) is 2.72. The molecule has 0 radical (unpaired) electrons. The molecule has 0 unspecified atom stereocenters. The molecular weight excluding hydrogens is 390 g/mol. The van der Waals surface area contributed by atoms with Crippen LogP contribution in [0.5, 0.6) is 0 Å². The van der Waals surface area contributed by atoms with Crippen molar-refractivity contribution in [1.29, 1.82) is 0 Å². The fourth-order valence-corrected chi connectivity index (χ4v) is 3.42. The van der Waals surface area contributed by atoms with E-state index >= 15 is 0 Å². The zero-order valence-corrected chi connectivity index (χ0v) is 17.1. The molecule has 1 fully saturated rings. The number of nitrogens with zero attached hydrogens (tertiary/aromatic N) is 1. The van der Waals surface area contributed by atoms with Gasteiger partial charge in [-0.3, -0.25) is 14.5 Å². The molecule has 29 heavy (non-hydrogen) atoms. The van der Waals surface area contributed by atoms with Crippen LogP contribution in [0.2, 0.25) is 5.02 Å². The van der Waals surface area contributed by atoms with E-state index in [2.05, 4.69) is 21.6 Å². The summed E-state index contributed by atoms with van der Waals surface area (Å²) in [5, 5.41) is 6.07. The molecule has 0 atom stereocenters. The molecular formula is C22H26ClN3O3. The third kappa shape index (κ3) is 6.56. The Labute approximate surface area is 176 Å². The maximum atomic E-state index is 12.2. The quantitative estimate of drug-likeness (QED) is 0.695. The predicted molar refractivity (Wildman–Crippen MR) is 113 cm³/mol. The Kier molecular flexibility index (Phi) is 8.04. The van der Waals surface area contributed by atoms with Crippen LogP contribution in [0.3, 0.4) is 0 Å². The molecule has 0 aliphatic carbocycles. The number of carbonyl (C=O) groups is 2. The van der Waals surface area contributed by atoms with Crippen LogP contribution in [0.15, 0.2) is 48.5 Å². The van der Waals surface area contributed by atoms with Crippen molar-refractivity contribution in [3.05, 3.63) is 70.2 Å². The number of amides is 2. The second-order valence-corrected chi connectivity index (χ2v) is 7.33. The van der Waals surface area contributed by atoms with Crippen LogP contribution in [0.4, 0.5) is 0 Å². The minimum absolute atomic E-state index is 0.106. The molecule has 2 aromatic carbocycles. The molecule has 7 heteroatoms. The van der Waals surface area contributed by atoms with Crippen LogP contribution in [-0.2, 0) is 22.6 Å². The zero-order valence-electron chi connectivity index (χ0n) is 16.3. The molecule has 1 heterocycles. The van der Waals surface area contributed by atoms with Gasteiger partial charge < -0.3 is 15.4 Å². The molecule has 0 saturated carbocycles. The highest BCUT2D eigenvalue weighted by molar-refractivity contribution is 6.33. The van der Waals surface area contributed by atoms with Gasteiger partial charge in [-0.05, 0) is 23.3 Å². The lowest BCUT2D eigenvalue weighted by Gasteiger charge is -2.27. The van der Waals surface area contributed by atoms with E-state index in [1.54, 1.807) is 24.3 Å². The van der Waals surface area contributed by atoms with Gasteiger partial charge in [0, 0.05) is 39.1 Å². The third-order valence-electron chi connectivity index (χ3n) is 4.85. The first-order chi connectivity index (χ1) is 14.1. The van der Waals surface area contributed by atoms with Gasteiger partial charge in [-0.15, -0.1) is 0 Å². The molecule has 2 amide bonds. The maximum absolute atomic E-state index is 12.2. The van der Waals surface area contributed by atoms with Crippen molar-refractivity contribution in [2.24, 2.45) is 0 Å². The number of rotatable bonds is 8. The molecule has 0 aromatic heterocycles. The molecule has 2 N–H and O–H groups in total. The van der Waals surface area contributed by atoms with Crippen molar-refractivity contribution in [2.75, 3.05) is 32.8 Å². The Balaban J connectivity index is 1.43. The van der Waals surface area contributed by atoms with Crippen molar-refractivity contribution in [1.82, 2.24) is 15.5 Å². The average molecular weight is 416 g/mol. The van der Waals surface area contributed by atoms with Crippen molar-refractivity contribution in [2.45, 2.75) is 19.5 Å². The average Bonchev–Trinajstić information content (AvgIpc) is 2.74. The van der Waals surface area contributed by atoms with Crippen LogP contribution < -0.4 is 10.6 Å². The van der Waals surface area contributed by atoms with Crippen LogP contribution in [-0.4, -0.2) is 49.6 Å². The smallest absolute Gasteiger partial charge is 0.252 e. The third-order valence-corrected chi connectivity index (χ3v) is 5.18. The van der Waals surface area contributed by atoms with E-state index in [-0.39, 0.29) is 24.8 Å². The number of ether oxygens (including phenoxy) is 1. The van der Waals surface area contributed by atoms with E-state index in [4.69, 9.17) is 16.3 Å². The van der Waals surface area contributed by atoms with E-state index in [1.165, 1.54) is 5.56 Å². The van der Waals surface area contributed by atoms with Gasteiger partial charge in [-0.2, -0.15) is 0 Å². The molecule has 0 spiro atoms. The highest BCUT2D eigenvalue weighted by Crippen LogP contribution is 2.15. The minimum atomic E-state index is -0.278. The van der Waals surface area contributed by atoms with E-state index in [9.17, 15) is 9.59 Å². The fraction of sp³-hybridized carbons (Fsp3) is 0.364. The molecule has 2 aromatic rings. The topological polar surface area (TPSA) is 70.7 Å². The predicted octanol–water partition coefficient (Wildman–Crippen LogP) is 2.61. The highest BCUT2D eigenvalue weighted by atomic mass is 35.5. The van der Waals surface area contributed by atoms with Crippen LogP contribution in [0, 0.1) is 0 Å². The van der Waals surface area contributed by atoms with E-state index in [0.29, 0.717) is 17.1 Å². The van der Waals surface area contributed by atoms with E-state index < -0.39 is 0 Å².